The standard InChI is InChI=1S/C16H21N3O2/c1-11-7-14-15(8-12(11)2)19(10-17-14)9-16(20)18-13-3-5-21-6-4-13/h7-8,10,13H,3-6,9H2,1-2H3,(H,18,20). The Morgan fingerprint density at radius 3 is 2.81 bits per heavy atom. The second kappa shape index (κ2) is 5.85. The highest BCUT2D eigenvalue weighted by atomic mass is 16.5. The van der Waals surface area contributed by atoms with E-state index in [4.69, 9.17) is 4.74 Å². The maximum atomic E-state index is 12.2. The van der Waals surface area contributed by atoms with Crippen molar-refractivity contribution in [2.75, 3.05) is 13.2 Å². The van der Waals surface area contributed by atoms with E-state index in [0.717, 1.165) is 37.1 Å². The highest BCUT2D eigenvalue weighted by Crippen LogP contribution is 2.18. The number of benzene rings is 1. The lowest BCUT2D eigenvalue weighted by molar-refractivity contribution is -0.122. The molecule has 1 aromatic heterocycles. The maximum absolute atomic E-state index is 12.2. The summed E-state index contributed by atoms with van der Waals surface area (Å²) < 4.78 is 7.22. The van der Waals surface area contributed by atoms with Gasteiger partial charge in [0.25, 0.3) is 0 Å². The Morgan fingerprint density at radius 2 is 2.05 bits per heavy atom. The van der Waals surface area contributed by atoms with Crippen molar-refractivity contribution < 1.29 is 9.53 Å². The molecule has 1 aromatic carbocycles. The van der Waals surface area contributed by atoms with Gasteiger partial charge in [0.1, 0.15) is 6.54 Å². The van der Waals surface area contributed by atoms with Gasteiger partial charge >= 0.3 is 0 Å². The normalized spacial score (nSPS) is 16.3. The van der Waals surface area contributed by atoms with Crippen molar-refractivity contribution in [2.24, 2.45) is 0 Å². The summed E-state index contributed by atoms with van der Waals surface area (Å²) in [5, 5.41) is 3.08. The van der Waals surface area contributed by atoms with Crippen molar-refractivity contribution in [1.82, 2.24) is 14.9 Å². The number of imidazole rings is 1. The van der Waals surface area contributed by atoms with E-state index in [1.54, 1.807) is 6.33 Å². The van der Waals surface area contributed by atoms with E-state index in [9.17, 15) is 4.79 Å². The third-order valence-electron chi connectivity index (χ3n) is 4.14. The molecule has 1 amide bonds. The van der Waals surface area contributed by atoms with E-state index in [1.165, 1.54) is 11.1 Å². The number of nitrogens with zero attached hydrogens (tertiary/aromatic N) is 2. The van der Waals surface area contributed by atoms with E-state index < -0.39 is 0 Å². The lowest BCUT2D eigenvalue weighted by Gasteiger charge is -2.23. The molecule has 1 aliphatic rings. The Kier molecular flexibility index (Phi) is 3.92. The van der Waals surface area contributed by atoms with Gasteiger partial charge in [-0.15, -0.1) is 0 Å². The molecule has 0 spiro atoms. The number of carbonyl (C=O) groups excluding carboxylic acids is 1. The first-order chi connectivity index (χ1) is 10.1. The topological polar surface area (TPSA) is 56.2 Å². The molecular weight excluding hydrogens is 266 g/mol. The predicted octanol–water partition coefficient (Wildman–Crippen LogP) is 1.95. The van der Waals surface area contributed by atoms with Crippen LogP contribution in [0.25, 0.3) is 11.0 Å². The van der Waals surface area contributed by atoms with Gasteiger partial charge in [0.2, 0.25) is 5.91 Å². The van der Waals surface area contributed by atoms with Crippen molar-refractivity contribution in [2.45, 2.75) is 39.3 Å². The minimum absolute atomic E-state index is 0.0411. The lowest BCUT2D eigenvalue weighted by Crippen LogP contribution is -2.40. The number of carbonyl (C=O) groups is 1. The van der Waals surface area contributed by atoms with Crippen LogP contribution in [-0.2, 0) is 16.1 Å². The second-order valence-electron chi connectivity index (χ2n) is 5.75. The van der Waals surface area contributed by atoms with Crippen LogP contribution in [0, 0.1) is 13.8 Å². The second-order valence-corrected chi connectivity index (χ2v) is 5.75. The van der Waals surface area contributed by atoms with Gasteiger partial charge in [0, 0.05) is 19.3 Å². The van der Waals surface area contributed by atoms with Crippen molar-refractivity contribution >= 4 is 16.9 Å². The summed E-state index contributed by atoms with van der Waals surface area (Å²) in [5.74, 6) is 0.0411. The van der Waals surface area contributed by atoms with Crippen molar-refractivity contribution in [1.29, 1.82) is 0 Å². The lowest BCUT2D eigenvalue weighted by atomic mass is 10.1. The first-order valence-electron chi connectivity index (χ1n) is 7.42. The molecule has 2 heterocycles. The first-order valence-corrected chi connectivity index (χ1v) is 7.42. The van der Waals surface area contributed by atoms with Crippen molar-refractivity contribution in [3.8, 4) is 0 Å². The van der Waals surface area contributed by atoms with Gasteiger partial charge in [-0.25, -0.2) is 4.98 Å². The highest BCUT2D eigenvalue weighted by molar-refractivity contribution is 5.81. The van der Waals surface area contributed by atoms with E-state index in [0.29, 0.717) is 6.54 Å². The number of ether oxygens (including phenoxy) is 1. The van der Waals surface area contributed by atoms with Crippen LogP contribution in [0.1, 0.15) is 24.0 Å². The molecule has 0 bridgehead atoms. The van der Waals surface area contributed by atoms with Crippen molar-refractivity contribution in [3.05, 3.63) is 29.6 Å². The molecule has 0 radical (unpaired) electrons. The Bertz CT molecular complexity index is 657. The number of rotatable bonds is 3. The van der Waals surface area contributed by atoms with Gasteiger partial charge in [-0.3, -0.25) is 4.79 Å². The summed E-state index contributed by atoms with van der Waals surface area (Å²) in [7, 11) is 0. The first kappa shape index (κ1) is 14.1. The van der Waals surface area contributed by atoms with E-state index in [-0.39, 0.29) is 11.9 Å². The molecule has 0 saturated carbocycles. The average molecular weight is 287 g/mol. The molecule has 3 rings (SSSR count). The molecule has 0 unspecified atom stereocenters. The molecule has 2 aromatic rings. The largest absolute Gasteiger partial charge is 0.381 e. The number of fused-ring (bicyclic) bond motifs is 1. The molecule has 1 N–H and O–H groups in total. The Hall–Kier alpha value is -1.88. The number of aromatic nitrogens is 2. The van der Waals surface area contributed by atoms with Crippen LogP contribution in [0.2, 0.25) is 0 Å². The van der Waals surface area contributed by atoms with Crippen LogP contribution in [0.3, 0.4) is 0 Å². The van der Waals surface area contributed by atoms with Crippen LogP contribution in [0.15, 0.2) is 18.5 Å². The predicted molar refractivity (Wildman–Crippen MR) is 81.2 cm³/mol. The minimum Gasteiger partial charge on any atom is -0.381 e. The number of hydrogen-bond donors (Lipinski definition) is 1. The van der Waals surface area contributed by atoms with Crippen LogP contribution in [0.5, 0.6) is 0 Å². The van der Waals surface area contributed by atoms with Crippen LogP contribution in [0.4, 0.5) is 0 Å². The summed E-state index contributed by atoms with van der Waals surface area (Å²) in [6.45, 7) is 5.94. The molecule has 0 aliphatic carbocycles. The monoisotopic (exact) mass is 287 g/mol. The van der Waals surface area contributed by atoms with Crippen LogP contribution in [-0.4, -0.2) is 34.7 Å². The van der Waals surface area contributed by atoms with E-state index in [2.05, 4.69) is 36.3 Å². The molecular formula is C16H21N3O2. The molecule has 1 fully saturated rings. The highest BCUT2D eigenvalue weighted by Gasteiger charge is 2.16. The Morgan fingerprint density at radius 1 is 1.33 bits per heavy atom. The fourth-order valence-corrected chi connectivity index (χ4v) is 2.71. The number of hydrogen-bond acceptors (Lipinski definition) is 3. The molecule has 1 aliphatic heterocycles. The molecule has 112 valence electrons. The molecule has 5 heteroatoms. The molecule has 0 atom stereocenters. The summed E-state index contributed by atoms with van der Waals surface area (Å²) in [4.78, 5) is 16.6. The summed E-state index contributed by atoms with van der Waals surface area (Å²) in [6, 6.07) is 4.40. The van der Waals surface area contributed by atoms with Crippen LogP contribution >= 0.6 is 0 Å². The third kappa shape index (κ3) is 3.08. The minimum atomic E-state index is 0.0411. The fraction of sp³-hybridized carbons (Fsp3) is 0.500. The molecule has 5 nitrogen and oxygen atoms in total. The van der Waals surface area contributed by atoms with E-state index in [1.807, 2.05) is 4.57 Å². The molecule has 1 saturated heterocycles. The Balaban J connectivity index is 1.72. The third-order valence-corrected chi connectivity index (χ3v) is 4.14. The summed E-state index contributed by atoms with van der Waals surface area (Å²) in [6.07, 6.45) is 3.54. The van der Waals surface area contributed by atoms with Gasteiger partial charge < -0.3 is 14.6 Å². The average Bonchev–Trinajstić information content (AvgIpc) is 2.83. The number of amides is 1. The smallest absolute Gasteiger partial charge is 0.240 e. The van der Waals surface area contributed by atoms with Gasteiger partial charge in [-0.2, -0.15) is 0 Å². The van der Waals surface area contributed by atoms with E-state index >= 15 is 0 Å². The molecule has 21 heavy (non-hydrogen) atoms. The van der Waals surface area contributed by atoms with Gasteiger partial charge in [0.15, 0.2) is 0 Å². The zero-order valence-electron chi connectivity index (χ0n) is 12.6. The number of nitrogens with one attached hydrogen (secondary N) is 1. The zero-order valence-corrected chi connectivity index (χ0v) is 12.6. The SMILES string of the molecule is Cc1cc2ncn(CC(=O)NC3CCOCC3)c2cc1C. The number of aryl methyl sites for hydroxylation is 2. The quantitative estimate of drug-likeness (QED) is 0.938. The van der Waals surface area contributed by atoms with Crippen molar-refractivity contribution in [3.63, 3.8) is 0 Å². The van der Waals surface area contributed by atoms with Gasteiger partial charge in [-0.05, 0) is 49.9 Å². The van der Waals surface area contributed by atoms with Gasteiger partial charge in [-0.1, -0.05) is 0 Å². The zero-order chi connectivity index (χ0) is 14.8. The van der Waals surface area contributed by atoms with Crippen LogP contribution < -0.4 is 5.32 Å². The summed E-state index contributed by atoms with van der Waals surface area (Å²) in [5.41, 5.74) is 4.39. The fourth-order valence-electron chi connectivity index (χ4n) is 2.71. The summed E-state index contributed by atoms with van der Waals surface area (Å²) >= 11 is 0. The van der Waals surface area contributed by atoms with Gasteiger partial charge in [0.05, 0.1) is 17.4 Å². The Labute approximate surface area is 124 Å². The maximum Gasteiger partial charge on any atom is 0.240 e.